The number of aryl methyl sites for hydroxylation is 1. The molecule has 1 heterocycles. The third-order valence-electron chi connectivity index (χ3n) is 2.96. The molecule has 1 N–H and O–H groups in total. The van der Waals surface area contributed by atoms with Crippen LogP contribution in [0.15, 0.2) is 35.0 Å². The molecule has 102 valence electrons. The minimum absolute atomic E-state index is 0.315. The van der Waals surface area contributed by atoms with Gasteiger partial charge in [0.05, 0.1) is 11.7 Å². The Morgan fingerprint density at radius 1 is 1.16 bits per heavy atom. The van der Waals surface area contributed by atoms with Gasteiger partial charge in [-0.25, -0.2) is 0 Å². The highest BCUT2D eigenvalue weighted by Gasteiger charge is 2.30. The fraction of sp³-hybridized carbons (Fsp3) is 0.286. The summed E-state index contributed by atoms with van der Waals surface area (Å²) in [7, 11) is 0. The SMILES string of the molecule is Cc1cscc1C(O)Cc1ccc(C(F)(F)F)cc1. The molecule has 1 unspecified atom stereocenters. The van der Waals surface area contributed by atoms with E-state index in [1.54, 1.807) is 0 Å². The smallest absolute Gasteiger partial charge is 0.388 e. The summed E-state index contributed by atoms with van der Waals surface area (Å²) in [6.07, 6.45) is -4.68. The predicted molar refractivity (Wildman–Crippen MR) is 69.2 cm³/mol. The van der Waals surface area contributed by atoms with E-state index in [-0.39, 0.29) is 0 Å². The van der Waals surface area contributed by atoms with Gasteiger partial charge in [0, 0.05) is 6.42 Å². The first kappa shape index (κ1) is 14.1. The zero-order chi connectivity index (χ0) is 14.0. The summed E-state index contributed by atoms with van der Waals surface area (Å²) >= 11 is 1.50. The maximum Gasteiger partial charge on any atom is 0.416 e. The molecule has 0 radical (unpaired) electrons. The van der Waals surface area contributed by atoms with E-state index in [9.17, 15) is 18.3 Å². The molecule has 0 aliphatic rings. The molecular weight excluding hydrogens is 273 g/mol. The van der Waals surface area contributed by atoms with Crippen LogP contribution in [0.5, 0.6) is 0 Å². The summed E-state index contributed by atoms with van der Waals surface area (Å²) in [6.45, 7) is 1.90. The number of hydrogen-bond donors (Lipinski definition) is 1. The zero-order valence-corrected chi connectivity index (χ0v) is 11.1. The fourth-order valence-electron chi connectivity index (χ4n) is 1.87. The first-order valence-electron chi connectivity index (χ1n) is 5.75. The predicted octanol–water partition coefficient (Wildman–Crippen LogP) is 4.35. The fourth-order valence-corrected chi connectivity index (χ4v) is 2.77. The van der Waals surface area contributed by atoms with Crippen LogP contribution in [0.25, 0.3) is 0 Å². The average Bonchev–Trinajstić information content (AvgIpc) is 2.75. The van der Waals surface area contributed by atoms with Crippen LogP contribution in [0.2, 0.25) is 0 Å². The highest BCUT2D eigenvalue weighted by Crippen LogP contribution is 2.30. The number of benzene rings is 1. The summed E-state index contributed by atoms with van der Waals surface area (Å²) in [5.41, 5.74) is 1.86. The lowest BCUT2D eigenvalue weighted by molar-refractivity contribution is -0.137. The number of halogens is 3. The molecule has 0 spiro atoms. The van der Waals surface area contributed by atoms with Gasteiger partial charge in [0.2, 0.25) is 0 Å². The Balaban J connectivity index is 2.10. The van der Waals surface area contributed by atoms with Gasteiger partial charge < -0.3 is 5.11 Å². The van der Waals surface area contributed by atoms with Gasteiger partial charge in [0.15, 0.2) is 0 Å². The van der Waals surface area contributed by atoms with Crippen LogP contribution in [0.4, 0.5) is 13.2 Å². The molecule has 1 aromatic heterocycles. The van der Waals surface area contributed by atoms with Crippen molar-refractivity contribution in [3.05, 3.63) is 57.3 Å². The van der Waals surface area contributed by atoms with E-state index in [0.717, 1.165) is 23.3 Å². The summed E-state index contributed by atoms with van der Waals surface area (Å²) in [5.74, 6) is 0. The molecule has 0 aliphatic heterocycles. The Hall–Kier alpha value is -1.33. The van der Waals surface area contributed by atoms with Crippen LogP contribution in [-0.2, 0) is 12.6 Å². The molecule has 1 nitrogen and oxygen atoms in total. The van der Waals surface area contributed by atoms with Crippen molar-refractivity contribution in [1.82, 2.24) is 0 Å². The topological polar surface area (TPSA) is 20.2 Å². The van der Waals surface area contributed by atoms with Gasteiger partial charge in [-0.3, -0.25) is 0 Å². The van der Waals surface area contributed by atoms with Crippen LogP contribution in [0.1, 0.15) is 28.4 Å². The molecule has 2 rings (SSSR count). The highest BCUT2D eigenvalue weighted by molar-refractivity contribution is 7.08. The lowest BCUT2D eigenvalue weighted by Crippen LogP contribution is -2.06. The third-order valence-corrected chi connectivity index (χ3v) is 3.84. The molecule has 19 heavy (non-hydrogen) atoms. The summed E-state index contributed by atoms with van der Waals surface area (Å²) in [6, 6.07) is 4.91. The molecule has 0 amide bonds. The van der Waals surface area contributed by atoms with Crippen LogP contribution in [-0.4, -0.2) is 5.11 Å². The van der Waals surface area contributed by atoms with Crippen molar-refractivity contribution in [1.29, 1.82) is 0 Å². The zero-order valence-electron chi connectivity index (χ0n) is 10.2. The van der Waals surface area contributed by atoms with E-state index < -0.39 is 17.8 Å². The van der Waals surface area contributed by atoms with Gasteiger partial charge in [0.1, 0.15) is 0 Å². The maximum absolute atomic E-state index is 12.4. The van der Waals surface area contributed by atoms with E-state index in [4.69, 9.17) is 0 Å². The van der Waals surface area contributed by atoms with Gasteiger partial charge in [-0.15, -0.1) is 0 Å². The second-order valence-corrected chi connectivity index (χ2v) is 5.17. The van der Waals surface area contributed by atoms with Crippen molar-refractivity contribution in [2.24, 2.45) is 0 Å². The molecule has 0 fully saturated rings. The molecule has 1 atom stereocenters. The van der Waals surface area contributed by atoms with Crippen molar-refractivity contribution >= 4 is 11.3 Å². The van der Waals surface area contributed by atoms with Crippen molar-refractivity contribution in [3.63, 3.8) is 0 Å². The van der Waals surface area contributed by atoms with E-state index in [0.29, 0.717) is 12.0 Å². The Morgan fingerprint density at radius 2 is 1.79 bits per heavy atom. The number of thiophene rings is 1. The molecular formula is C14H13F3OS. The standard InChI is InChI=1S/C14H13F3OS/c1-9-7-19-8-12(9)13(18)6-10-2-4-11(5-3-10)14(15,16)17/h2-5,7-8,13,18H,6H2,1H3. The molecule has 0 bridgehead atoms. The monoisotopic (exact) mass is 286 g/mol. The summed E-state index contributed by atoms with van der Waals surface area (Å²) in [5, 5.41) is 13.9. The van der Waals surface area contributed by atoms with Crippen LogP contribution >= 0.6 is 11.3 Å². The summed E-state index contributed by atoms with van der Waals surface area (Å²) < 4.78 is 37.2. The second-order valence-electron chi connectivity index (χ2n) is 4.42. The molecule has 5 heteroatoms. The first-order valence-corrected chi connectivity index (χ1v) is 6.69. The maximum atomic E-state index is 12.4. The Kier molecular flexibility index (Phi) is 3.96. The Morgan fingerprint density at radius 3 is 2.26 bits per heavy atom. The minimum Gasteiger partial charge on any atom is -0.388 e. The third kappa shape index (κ3) is 3.36. The largest absolute Gasteiger partial charge is 0.416 e. The molecule has 1 aromatic carbocycles. The van der Waals surface area contributed by atoms with Gasteiger partial charge in [0.25, 0.3) is 0 Å². The van der Waals surface area contributed by atoms with E-state index >= 15 is 0 Å². The van der Waals surface area contributed by atoms with Crippen molar-refractivity contribution < 1.29 is 18.3 Å². The van der Waals surface area contributed by atoms with E-state index in [1.807, 2.05) is 17.7 Å². The number of rotatable bonds is 3. The van der Waals surface area contributed by atoms with E-state index in [2.05, 4.69) is 0 Å². The second kappa shape index (κ2) is 5.35. The number of aliphatic hydroxyl groups excluding tert-OH is 1. The van der Waals surface area contributed by atoms with Crippen molar-refractivity contribution in [3.8, 4) is 0 Å². The van der Waals surface area contributed by atoms with Gasteiger partial charge >= 0.3 is 6.18 Å². The lowest BCUT2D eigenvalue weighted by atomic mass is 10.0. The number of alkyl halides is 3. The van der Waals surface area contributed by atoms with Crippen LogP contribution < -0.4 is 0 Å². The van der Waals surface area contributed by atoms with Gasteiger partial charge in [-0.2, -0.15) is 24.5 Å². The minimum atomic E-state index is -4.32. The van der Waals surface area contributed by atoms with Gasteiger partial charge in [-0.1, -0.05) is 12.1 Å². The van der Waals surface area contributed by atoms with Crippen LogP contribution in [0, 0.1) is 6.92 Å². The average molecular weight is 286 g/mol. The summed E-state index contributed by atoms with van der Waals surface area (Å²) in [4.78, 5) is 0. The normalized spacial score (nSPS) is 13.5. The first-order chi connectivity index (χ1) is 8.88. The number of hydrogen-bond acceptors (Lipinski definition) is 2. The highest BCUT2D eigenvalue weighted by atomic mass is 32.1. The van der Waals surface area contributed by atoms with Crippen LogP contribution in [0.3, 0.4) is 0 Å². The van der Waals surface area contributed by atoms with E-state index in [1.165, 1.54) is 23.5 Å². The molecule has 0 saturated carbocycles. The lowest BCUT2D eigenvalue weighted by Gasteiger charge is -2.12. The number of aliphatic hydroxyl groups is 1. The Labute approximate surface area is 113 Å². The van der Waals surface area contributed by atoms with Crippen molar-refractivity contribution in [2.45, 2.75) is 25.6 Å². The van der Waals surface area contributed by atoms with Crippen molar-refractivity contribution in [2.75, 3.05) is 0 Å². The quantitative estimate of drug-likeness (QED) is 0.889. The molecule has 2 aromatic rings. The Bertz CT molecular complexity index is 543. The molecule has 0 aliphatic carbocycles. The van der Waals surface area contributed by atoms with Gasteiger partial charge in [-0.05, 0) is 46.5 Å². The molecule has 0 saturated heterocycles.